The van der Waals surface area contributed by atoms with E-state index in [0.717, 1.165) is 6.07 Å². The molecule has 0 spiro atoms. The molecule has 110 valence electrons. The fourth-order valence-electron chi connectivity index (χ4n) is 1.56. The normalized spacial score (nSPS) is 13.9. The summed E-state index contributed by atoms with van der Waals surface area (Å²) in [5, 5.41) is 13.7. The van der Waals surface area contributed by atoms with Gasteiger partial charge in [-0.1, -0.05) is 25.4 Å². The van der Waals surface area contributed by atoms with Gasteiger partial charge in [-0.15, -0.1) is 0 Å². The predicted molar refractivity (Wildman–Crippen MR) is 77.9 cm³/mol. The molecule has 0 aliphatic rings. The quantitative estimate of drug-likeness (QED) is 0.644. The summed E-state index contributed by atoms with van der Waals surface area (Å²) in [6, 6.07) is 3.75. The Morgan fingerprint density at radius 2 is 2.15 bits per heavy atom. The summed E-state index contributed by atoms with van der Waals surface area (Å²) < 4.78 is 0. The summed E-state index contributed by atoms with van der Waals surface area (Å²) in [5.74, 6) is -0.366. The van der Waals surface area contributed by atoms with Crippen LogP contribution in [0.4, 0.5) is 5.69 Å². The number of amides is 1. The van der Waals surface area contributed by atoms with E-state index < -0.39 is 16.4 Å². The van der Waals surface area contributed by atoms with Crippen LogP contribution in [0.25, 0.3) is 0 Å². The van der Waals surface area contributed by atoms with E-state index in [9.17, 15) is 14.9 Å². The molecular formula is C13H18ClN3O3. The van der Waals surface area contributed by atoms with Gasteiger partial charge in [-0.25, -0.2) is 0 Å². The van der Waals surface area contributed by atoms with Crippen LogP contribution in [-0.4, -0.2) is 22.9 Å². The number of nitro groups is 1. The van der Waals surface area contributed by atoms with Crippen LogP contribution in [0.1, 0.15) is 31.1 Å². The molecule has 0 saturated heterocycles. The van der Waals surface area contributed by atoms with Crippen molar-refractivity contribution in [2.75, 3.05) is 6.54 Å². The van der Waals surface area contributed by atoms with Crippen LogP contribution in [0.3, 0.4) is 0 Å². The Bertz CT molecular complexity index is 534. The van der Waals surface area contributed by atoms with Crippen molar-refractivity contribution in [2.45, 2.75) is 26.3 Å². The molecule has 0 saturated carbocycles. The molecule has 0 aliphatic carbocycles. The van der Waals surface area contributed by atoms with Crippen molar-refractivity contribution in [3.8, 4) is 0 Å². The van der Waals surface area contributed by atoms with Crippen LogP contribution >= 0.6 is 11.6 Å². The average Bonchev–Trinajstić information content (AvgIpc) is 2.38. The highest BCUT2D eigenvalue weighted by atomic mass is 35.5. The lowest BCUT2D eigenvalue weighted by Gasteiger charge is -2.33. The highest BCUT2D eigenvalue weighted by Gasteiger charge is 2.30. The van der Waals surface area contributed by atoms with Crippen LogP contribution in [0.2, 0.25) is 5.02 Å². The maximum Gasteiger partial charge on any atom is 0.270 e. The first kappa shape index (κ1) is 16.4. The third-order valence-electron chi connectivity index (χ3n) is 3.50. The molecule has 1 aromatic carbocycles. The van der Waals surface area contributed by atoms with Crippen LogP contribution in [0.15, 0.2) is 18.2 Å². The first-order valence-electron chi connectivity index (χ1n) is 6.18. The molecule has 1 rings (SSSR count). The molecule has 0 fully saturated rings. The molecule has 0 bridgehead atoms. The van der Waals surface area contributed by atoms with Crippen molar-refractivity contribution < 1.29 is 9.72 Å². The van der Waals surface area contributed by atoms with Gasteiger partial charge < -0.3 is 11.1 Å². The topological polar surface area (TPSA) is 98.3 Å². The highest BCUT2D eigenvalue weighted by Crippen LogP contribution is 2.23. The molecule has 1 amide bonds. The van der Waals surface area contributed by atoms with Gasteiger partial charge in [0.2, 0.25) is 0 Å². The minimum Gasteiger partial charge on any atom is -0.345 e. The predicted octanol–water partition coefficient (Wildman–Crippen LogP) is 2.35. The van der Waals surface area contributed by atoms with Crippen molar-refractivity contribution in [3.05, 3.63) is 38.9 Å². The van der Waals surface area contributed by atoms with E-state index >= 15 is 0 Å². The number of halogens is 1. The highest BCUT2D eigenvalue weighted by molar-refractivity contribution is 6.34. The number of carbonyl (C=O) groups is 1. The van der Waals surface area contributed by atoms with E-state index in [1.165, 1.54) is 12.1 Å². The van der Waals surface area contributed by atoms with Crippen LogP contribution in [0.5, 0.6) is 0 Å². The Labute approximate surface area is 122 Å². The Balaban J connectivity index is 3.09. The molecule has 20 heavy (non-hydrogen) atoms. The van der Waals surface area contributed by atoms with Crippen molar-refractivity contribution in [1.82, 2.24) is 5.32 Å². The second kappa shape index (κ2) is 6.19. The first-order chi connectivity index (χ1) is 9.21. The van der Waals surface area contributed by atoms with Gasteiger partial charge >= 0.3 is 0 Å². The molecule has 0 heterocycles. The van der Waals surface area contributed by atoms with Gasteiger partial charge in [0.05, 0.1) is 21.0 Å². The third kappa shape index (κ3) is 3.46. The SMILES string of the molecule is CC(C)C(C)(CN)NC(=O)c1cc([N+](=O)[O-])ccc1Cl. The number of nitrogens with two attached hydrogens (primary N) is 1. The van der Waals surface area contributed by atoms with Crippen LogP contribution in [-0.2, 0) is 0 Å². The summed E-state index contributed by atoms with van der Waals surface area (Å²) in [6.07, 6.45) is 0. The number of benzene rings is 1. The number of rotatable bonds is 5. The molecule has 6 nitrogen and oxygen atoms in total. The lowest BCUT2D eigenvalue weighted by molar-refractivity contribution is -0.384. The van der Waals surface area contributed by atoms with Gasteiger partial charge in [-0.3, -0.25) is 14.9 Å². The van der Waals surface area contributed by atoms with Gasteiger partial charge in [0.15, 0.2) is 0 Å². The fourth-order valence-corrected chi connectivity index (χ4v) is 1.76. The zero-order valence-corrected chi connectivity index (χ0v) is 12.4. The van der Waals surface area contributed by atoms with E-state index in [4.69, 9.17) is 17.3 Å². The number of hydrogen-bond donors (Lipinski definition) is 2. The molecule has 1 aromatic rings. The maximum atomic E-state index is 12.2. The Morgan fingerprint density at radius 1 is 1.55 bits per heavy atom. The smallest absolute Gasteiger partial charge is 0.270 e. The van der Waals surface area contributed by atoms with Gasteiger partial charge in [0, 0.05) is 18.7 Å². The van der Waals surface area contributed by atoms with Crippen molar-refractivity contribution in [3.63, 3.8) is 0 Å². The average molecular weight is 300 g/mol. The van der Waals surface area contributed by atoms with Gasteiger partial charge in [-0.05, 0) is 18.9 Å². The van der Waals surface area contributed by atoms with Gasteiger partial charge in [0.25, 0.3) is 11.6 Å². The molecule has 0 aromatic heterocycles. The minimum absolute atomic E-state index is 0.0705. The maximum absolute atomic E-state index is 12.2. The zero-order chi connectivity index (χ0) is 15.5. The van der Waals surface area contributed by atoms with Crippen LogP contribution < -0.4 is 11.1 Å². The zero-order valence-electron chi connectivity index (χ0n) is 11.6. The number of hydrogen-bond acceptors (Lipinski definition) is 4. The number of nitro benzene ring substituents is 1. The number of nitrogens with one attached hydrogen (secondary N) is 1. The Morgan fingerprint density at radius 3 is 2.60 bits per heavy atom. The number of non-ortho nitro benzene ring substituents is 1. The van der Waals surface area contributed by atoms with Crippen molar-refractivity contribution in [2.24, 2.45) is 11.7 Å². The molecule has 3 N–H and O–H groups in total. The van der Waals surface area contributed by atoms with Crippen LogP contribution in [0, 0.1) is 16.0 Å². The molecule has 7 heteroatoms. The molecular weight excluding hydrogens is 282 g/mol. The summed E-state index contributed by atoms with van der Waals surface area (Å²) in [4.78, 5) is 22.4. The van der Waals surface area contributed by atoms with E-state index in [0.29, 0.717) is 0 Å². The van der Waals surface area contributed by atoms with Gasteiger partial charge in [0.1, 0.15) is 0 Å². The minimum atomic E-state index is -0.606. The summed E-state index contributed by atoms with van der Waals surface area (Å²) in [7, 11) is 0. The van der Waals surface area contributed by atoms with E-state index in [1.54, 1.807) is 0 Å². The molecule has 0 aliphatic heterocycles. The van der Waals surface area contributed by atoms with Crippen molar-refractivity contribution in [1.29, 1.82) is 0 Å². The second-order valence-electron chi connectivity index (χ2n) is 5.15. The Kier molecular flexibility index (Phi) is 5.08. The lowest BCUT2D eigenvalue weighted by atomic mass is 9.88. The summed E-state index contributed by atoms with van der Waals surface area (Å²) in [5.41, 5.74) is 4.98. The first-order valence-corrected chi connectivity index (χ1v) is 6.55. The van der Waals surface area contributed by atoms with Gasteiger partial charge in [-0.2, -0.15) is 0 Å². The van der Waals surface area contributed by atoms with E-state index in [1.807, 2.05) is 20.8 Å². The number of carbonyl (C=O) groups excluding carboxylic acids is 1. The largest absolute Gasteiger partial charge is 0.345 e. The summed E-state index contributed by atoms with van der Waals surface area (Å²) in [6.45, 7) is 5.94. The fraction of sp³-hybridized carbons (Fsp3) is 0.462. The summed E-state index contributed by atoms with van der Waals surface area (Å²) >= 11 is 5.93. The van der Waals surface area contributed by atoms with E-state index in [-0.39, 0.29) is 28.7 Å². The molecule has 1 unspecified atom stereocenters. The van der Waals surface area contributed by atoms with E-state index in [2.05, 4.69) is 5.32 Å². The Hall–Kier alpha value is -1.66. The third-order valence-corrected chi connectivity index (χ3v) is 3.83. The molecule has 1 atom stereocenters. The standard InChI is InChI=1S/C13H18ClN3O3/c1-8(2)13(3,7-15)16-12(18)10-6-9(17(19)20)4-5-11(10)14/h4-6,8H,7,15H2,1-3H3,(H,16,18). The second-order valence-corrected chi connectivity index (χ2v) is 5.56. The van der Waals surface area contributed by atoms with Crippen molar-refractivity contribution >= 4 is 23.2 Å². The monoisotopic (exact) mass is 299 g/mol. The number of nitrogens with zero attached hydrogens (tertiary/aromatic N) is 1. The lowest BCUT2D eigenvalue weighted by Crippen LogP contribution is -2.55. The molecule has 0 radical (unpaired) electrons.